The van der Waals surface area contributed by atoms with Gasteiger partial charge in [-0.1, -0.05) is 0 Å². The van der Waals surface area contributed by atoms with Gasteiger partial charge in [-0.05, 0) is 19.9 Å². The fourth-order valence-electron chi connectivity index (χ4n) is 1.69. The van der Waals surface area contributed by atoms with E-state index in [2.05, 4.69) is 0 Å². The molecular weight excluding hydrogens is 269 g/mol. The molecule has 1 aromatic carbocycles. The number of ether oxygens (including phenoxy) is 1. The van der Waals surface area contributed by atoms with Crippen LogP contribution in [0.2, 0.25) is 0 Å². The number of nitro benzene ring substituents is 1. The molecule has 0 aromatic heterocycles. The second-order valence-electron chi connectivity index (χ2n) is 4.78. The standard InChI is InChI=1S/C12H16FN3O4/c1-7(6-12(2,15)11(14)17)20-10-5-8(13)3-4-9(10)16(18)19/h3-5,7H,6,15H2,1-2H3,(H2,14,17). The number of carbonyl (C=O) groups excluding carboxylic acids is 1. The summed E-state index contributed by atoms with van der Waals surface area (Å²) in [5.41, 5.74) is 9.12. The summed E-state index contributed by atoms with van der Waals surface area (Å²) in [7, 11) is 0. The fraction of sp³-hybridized carbons (Fsp3) is 0.417. The van der Waals surface area contributed by atoms with E-state index in [0.717, 1.165) is 18.2 Å². The van der Waals surface area contributed by atoms with Gasteiger partial charge in [-0.25, -0.2) is 4.39 Å². The molecule has 0 aliphatic carbocycles. The van der Waals surface area contributed by atoms with E-state index in [1.807, 2.05) is 0 Å². The Labute approximate surface area is 114 Å². The molecule has 1 aromatic rings. The number of nitro groups is 1. The number of rotatable bonds is 6. The molecule has 20 heavy (non-hydrogen) atoms. The van der Waals surface area contributed by atoms with Crippen molar-refractivity contribution in [2.45, 2.75) is 31.9 Å². The molecular formula is C12H16FN3O4. The van der Waals surface area contributed by atoms with Crippen molar-refractivity contribution >= 4 is 11.6 Å². The van der Waals surface area contributed by atoms with Gasteiger partial charge in [0.15, 0.2) is 5.75 Å². The topological polar surface area (TPSA) is 121 Å². The Hall–Kier alpha value is -2.22. The summed E-state index contributed by atoms with van der Waals surface area (Å²) in [6.45, 7) is 2.98. The van der Waals surface area contributed by atoms with Gasteiger partial charge in [-0.2, -0.15) is 0 Å². The van der Waals surface area contributed by atoms with Crippen LogP contribution in [0.4, 0.5) is 10.1 Å². The molecule has 4 N–H and O–H groups in total. The third kappa shape index (κ3) is 3.89. The van der Waals surface area contributed by atoms with E-state index in [9.17, 15) is 19.3 Å². The number of benzene rings is 1. The zero-order chi connectivity index (χ0) is 15.5. The van der Waals surface area contributed by atoms with Crippen LogP contribution in [0.1, 0.15) is 20.3 Å². The van der Waals surface area contributed by atoms with Gasteiger partial charge in [0, 0.05) is 18.6 Å². The first-order valence-corrected chi connectivity index (χ1v) is 5.83. The van der Waals surface area contributed by atoms with Gasteiger partial charge in [-0.15, -0.1) is 0 Å². The Morgan fingerprint density at radius 2 is 2.20 bits per heavy atom. The lowest BCUT2D eigenvalue weighted by Gasteiger charge is -2.24. The molecule has 1 rings (SSSR count). The zero-order valence-corrected chi connectivity index (χ0v) is 11.1. The fourth-order valence-corrected chi connectivity index (χ4v) is 1.69. The van der Waals surface area contributed by atoms with Crippen LogP contribution in [0.3, 0.4) is 0 Å². The van der Waals surface area contributed by atoms with Gasteiger partial charge >= 0.3 is 5.69 Å². The van der Waals surface area contributed by atoms with Crippen LogP contribution in [-0.4, -0.2) is 22.5 Å². The molecule has 2 unspecified atom stereocenters. The van der Waals surface area contributed by atoms with E-state index < -0.39 is 28.3 Å². The van der Waals surface area contributed by atoms with Crippen LogP contribution in [0.5, 0.6) is 5.75 Å². The highest BCUT2D eigenvalue weighted by Gasteiger charge is 2.29. The normalized spacial score (nSPS) is 15.2. The lowest BCUT2D eigenvalue weighted by molar-refractivity contribution is -0.386. The van der Waals surface area contributed by atoms with Crippen LogP contribution in [0, 0.1) is 15.9 Å². The Kier molecular flexibility index (Phi) is 4.61. The lowest BCUT2D eigenvalue weighted by Crippen LogP contribution is -2.51. The molecule has 0 spiro atoms. The third-order valence-corrected chi connectivity index (χ3v) is 2.72. The molecule has 2 atom stereocenters. The van der Waals surface area contributed by atoms with E-state index in [1.54, 1.807) is 6.92 Å². The minimum absolute atomic E-state index is 0.0377. The van der Waals surface area contributed by atoms with Crippen molar-refractivity contribution < 1.29 is 18.8 Å². The molecule has 0 aliphatic heterocycles. The quantitative estimate of drug-likeness (QED) is 0.598. The van der Waals surface area contributed by atoms with E-state index in [-0.39, 0.29) is 17.9 Å². The predicted molar refractivity (Wildman–Crippen MR) is 69.5 cm³/mol. The van der Waals surface area contributed by atoms with Crippen LogP contribution >= 0.6 is 0 Å². The number of nitrogens with zero attached hydrogens (tertiary/aromatic N) is 1. The average molecular weight is 285 g/mol. The van der Waals surface area contributed by atoms with Crippen molar-refractivity contribution in [2.75, 3.05) is 0 Å². The third-order valence-electron chi connectivity index (χ3n) is 2.72. The van der Waals surface area contributed by atoms with Gasteiger partial charge < -0.3 is 16.2 Å². The molecule has 1 amide bonds. The summed E-state index contributed by atoms with van der Waals surface area (Å²) < 4.78 is 18.4. The maximum atomic E-state index is 13.1. The summed E-state index contributed by atoms with van der Waals surface area (Å²) in [6.07, 6.45) is -0.617. The zero-order valence-electron chi connectivity index (χ0n) is 11.1. The van der Waals surface area contributed by atoms with Crippen molar-refractivity contribution in [2.24, 2.45) is 11.5 Å². The van der Waals surface area contributed by atoms with Crippen molar-refractivity contribution in [3.05, 3.63) is 34.1 Å². The van der Waals surface area contributed by atoms with E-state index >= 15 is 0 Å². The molecule has 0 saturated heterocycles. The highest BCUT2D eigenvalue weighted by molar-refractivity contribution is 5.83. The maximum Gasteiger partial charge on any atom is 0.311 e. The van der Waals surface area contributed by atoms with Gasteiger partial charge in [0.1, 0.15) is 5.82 Å². The van der Waals surface area contributed by atoms with Crippen LogP contribution < -0.4 is 16.2 Å². The summed E-state index contributed by atoms with van der Waals surface area (Å²) in [5.74, 6) is -1.60. The van der Waals surface area contributed by atoms with E-state index in [1.165, 1.54) is 6.92 Å². The number of nitrogens with two attached hydrogens (primary N) is 2. The lowest BCUT2D eigenvalue weighted by atomic mass is 9.95. The predicted octanol–water partition coefficient (Wildman–Crippen LogP) is 1.09. The van der Waals surface area contributed by atoms with Gasteiger partial charge in [0.05, 0.1) is 16.6 Å². The molecule has 8 heteroatoms. The Morgan fingerprint density at radius 1 is 1.60 bits per heavy atom. The second kappa shape index (κ2) is 5.83. The number of hydrogen-bond donors (Lipinski definition) is 2. The Morgan fingerprint density at radius 3 is 2.70 bits per heavy atom. The average Bonchev–Trinajstić information content (AvgIpc) is 2.27. The summed E-state index contributed by atoms with van der Waals surface area (Å²) in [5, 5.41) is 10.8. The Bertz CT molecular complexity index is 533. The first-order chi connectivity index (χ1) is 9.13. The number of amides is 1. The molecule has 0 saturated carbocycles. The first kappa shape index (κ1) is 15.8. The van der Waals surface area contributed by atoms with E-state index in [0.29, 0.717) is 0 Å². The van der Waals surface area contributed by atoms with Crippen LogP contribution in [0.25, 0.3) is 0 Å². The number of carbonyl (C=O) groups is 1. The minimum Gasteiger partial charge on any atom is -0.484 e. The van der Waals surface area contributed by atoms with Gasteiger partial charge in [0.25, 0.3) is 0 Å². The minimum atomic E-state index is -1.32. The Balaban J connectivity index is 2.90. The van der Waals surface area contributed by atoms with E-state index in [4.69, 9.17) is 16.2 Å². The SMILES string of the molecule is CC(CC(C)(N)C(N)=O)Oc1cc(F)ccc1[N+](=O)[O-]. The monoisotopic (exact) mass is 285 g/mol. The van der Waals surface area contributed by atoms with Crippen molar-refractivity contribution in [1.29, 1.82) is 0 Å². The van der Waals surface area contributed by atoms with Crippen molar-refractivity contribution in [3.63, 3.8) is 0 Å². The van der Waals surface area contributed by atoms with Gasteiger partial charge in [-0.3, -0.25) is 14.9 Å². The molecule has 7 nitrogen and oxygen atoms in total. The highest BCUT2D eigenvalue weighted by Crippen LogP contribution is 2.29. The molecule has 110 valence electrons. The molecule has 0 fully saturated rings. The summed E-state index contributed by atoms with van der Waals surface area (Å²) >= 11 is 0. The number of halogens is 1. The maximum absolute atomic E-state index is 13.1. The summed E-state index contributed by atoms with van der Waals surface area (Å²) in [4.78, 5) is 21.2. The van der Waals surface area contributed by atoms with Crippen LogP contribution in [-0.2, 0) is 4.79 Å². The molecule has 0 bridgehead atoms. The molecule has 0 aliphatic rings. The number of primary amides is 1. The smallest absolute Gasteiger partial charge is 0.311 e. The van der Waals surface area contributed by atoms with Gasteiger partial charge in [0.2, 0.25) is 5.91 Å². The largest absolute Gasteiger partial charge is 0.484 e. The second-order valence-corrected chi connectivity index (χ2v) is 4.78. The first-order valence-electron chi connectivity index (χ1n) is 5.83. The number of hydrogen-bond acceptors (Lipinski definition) is 5. The summed E-state index contributed by atoms with van der Waals surface area (Å²) in [6, 6.07) is 2.88. The molecule has 0 radical (unpaired) electrons. The van der Waals surface area contributed by atoms with Crippen LogP contribution in [0.15, 0.2) is 18.2 Å². The highest BCUT2D eigenvalue weighted by atomic mass is 19.1. The van der Waals surface area contributed by atoms with Crippen molar-refractivity contribution in [1.82, 2.24) is 0 Å². The van der Waals surface area contributed by atoms with Crippen molar-refractivity contribution in [3.8, 4) is 5.75 Å². The molecule has 0 heterocycles.